The first kappa shape index (κ1) is 13.4. The maximum absolute atomic E-state index is 11.1. The van der Waals surface area contributed by atoms with Crippen molar-refractivity contribution in [3.63, 3.8) is 0 Å². The molecule has 7 heteroatoms. The molecule has 1 unspecified atom stereocenters. The fourth-order valence-corrected chi connectivity index (χ4v) is 2.10. The average molecular weight is 267 g/mol. The van der Waals surface area contributed by atoms with Crippen molar-refractivity contribution < 1.29 is 19.4 Å². The SMILES string of the molecule is COc1cc(OC)nc(N2CCCC(C(=O)O)C2)n1. The van der Waals surface area contributed by atoms with Gasteiger partial charge in [-0.3, -0.25) is 4.79 Å². The van der Waals surface area contributed by atoms with Gasteiger partial charge in [-0.15, -0.1) is 0 Å². The number of methoxy groups -OCH3 is 2. The summed E-state index contributed by atoms with van der Waals surface area (Å²) in [5, 5.41) is 9.09. The largest absolute Gasteiger partial charge is 0.481 e. The van der Waals surface area contributed by atoms with Gasteiger partial charge in [0.2, 0.25) is 17.7 Å². The maximum atomic E-state index is 11.1. The van der Waals surface area contributed by atoms with Crippen LogP contribution in [0.4, 0.5) is 5.95 Å². The number of nitrogens with zero attached hydrogens (tertiary/aromatic N) is 3. The van der Waals surface area contributed by atoms with Crippen molar-refractivity contribution in [2.75, 3.05) is 32.2 Å². The molecule has 1 saturated heterocycles. The second kappa shape index (κ2) is 5.73. The number of carbonyl (C=O) groups is 1. The van der Waals surface area contributed by atoms with E-state index in [0.717, 1.165) is 13.0 Å². The van der Waals surface area contributed by atoms with Crippen LogP contribution in [0, 0.1) is 5.92 Å². The van der Waals surface area contributed by atoms with Gasteiger partial charge < -0.3 is 19.5 Å². The number of piperidine rings is 1. The Morgan fingerprint density at radius 3 is 2.53 bits per heavy atom. The Bertz CT molecular complexity index is 444. The summed E-state index contributed by atoms with van der Waals surface area (Å²) >= 11 is 0. The van der Waals surface area contributed by atoms with Crippen molar-refractivity contribution in [2.45, 2.75) is 12.8 Å². The Kier molecular flexibility index (Phi) is 4.03. The molecule has 0 bridgehead atoms. The first-order valence-corrected chi connectivity index (χ1v) is 6.09. The van der Waals surface area contributed by atoms with E-state index in [0.29, 0.717) is 30.7 Å². The molecule has 0 spiro atoms. The van der Waals surface area contributed by atoms with E-state index in [1.54, 1.807) is 6.07 Å². The highest BCUT2D eigenvalue weighted by atomic mass is 16.5. The molecule has 0 radical (unpaired) electrons. The third-order valence-corrected chi connectivity index (χ3v) is 3.14. The number of hydrogen-bond donors (Lipinski definition) is 1. The van der Waals surface area contributed by atoms with Crippen molar-refractivity contribution in [1.29, 1.82) is 0 Å². The quantitative estimate of drug-likeness (QED) is 0.863. The molecule has 0 amide bonds. The summed E-state index contributed by atoms with van der Waals surface area (Å²) in [6, 6.07) is 1.59. The van der Waals surface area contributed by atoms with Crippen molar-refractivity contribution in [3.05, 3.63) is 6.07 Å². The van der Waals surface area contributed by atoms with Crippen LogP contribution < -0.4 is 14.4 Å². The number of aliphatic carboxylic acids is 1. The third-order valence-electron chi connectivity index (χ3n) is 3.14. The van der Waals surface area contributed by atoms with Crippen LogP contribution in [0.5, 0.6) is 11.8 Å². The lowest BCUT2D eigenvalue weighted by molar-refractivity contribution is -0.141. The molecule has 1 atom stereocenters. The summed E-state index contributed by atoms with van der Waals surface area (Å²) in [6.45, 7) is 1.14. The Labute approximate surface area is 111 Å². The summed E-state index contributed by atoms with van der Waals surface area (Å²) in [5.41, 5.74) is 0. The molecule has 0 saturated carbocycles. The van der Waals surface area contributed by atoms with Crippen molar-refractivity contribution in [3.8, 4) is 11.8 Å². The zero-order valence-electron chi connectivity index (χ0n) is 11.0. The van der Waals surface area contributed by atoms with Crippen LogP contribution in [0.15, 0.2) is 6.07 Å². The lowest BCUT2D eigenvalue weighted by Crippen LogP contribution is -2.39. The monoisotopic (exact) mass is 267 g/mol. The van der Waals surface area contributed by atoms with Gasteiger partial charge in [-0.2, -0.15) is 9.97 Å². The second-order valence-corrected chi connectivity index (χ2v) is 4.38. The normalized spacial score (nSPS) is 19.1. The van der Waals surface area contributed by atoms with E-state index in [9.17, 15) is 4.79 Å². The number of rotatable bonds is 4. The second-order valence-electron chi connectivity index (χ2n) is 4.38. The van der Waals surface area contributed by atoms with Gasteiger partial charge in [0.1, 0.15) is 0 Å². The van der Waals surface area contributed by atoms with Gasteiger partial charge in [0.15, 0.2) is 0 Å². The Hall–Kier alpha value is -2.05. The van der Waals surface area contributed by atoms with Gasteiger partial charge in [-0.1, -0.05) is 0 Å². The fourth-order valence-electron chi connectivity index (χ4n) is 2.10. The molecule has 104 valence electrons. The van der Waals surface area contributed by atoms with Gasteiger partial charge in [0.25, 0.3) is 0 Å². The van der Waals surface area contributed by atoms with Crippen LogP contribution >= 0.6 is 0 Å². The molecule has 19 heavy (non-hydrogen) atoms. The summed E-state index contributed by atoms with van der Waals surface area (Å²) in [5.74, 6) is 0.0925. The van der Waals surface area contributed by atoms with E-state index in [1.165, 1.54) is 14.2 Å². The summed E-state index contributed by atoms with van der Waals surface area (Å²) in [6.07, 6.45) is 1.49. The van der Waals surface area contributed by atoms with Gasteiger partial charge in [0, 0.05) is 13.1 Å². The smallest absolute Gasteiger partial charge is 0.308 e. The Balaban J connectivity index is 2.22. The van der Waals surface area contributed by atoms with E-state index in [2.05, 4.69) is 9.97 Å². The highest BCUT2D eigenvalue weighted by Crippen LogP contribution is 2.24. The summed E-state index contributed by atoms with van der Waals surface area (Å²) in [4.78, 5) is 21.4. The zero-order valence-corrected chi connectivity index (χ0v) is 11.0. The molecule has 1 aromatic rings. The number of ether oxygens (including phenoxy) is 2. The van der Waals surface area contributed by atoms with E-state index in [4.69, 9.17) is 14.6 Å². The fraction of sp³-hybridized carbons (Fsp3) is 0.583. The van der Waals surface area contributed by atoms with E-state index in [1.807, 2.05) is 4.90 Å². The molecule has 7 nitrogen and oxygen atoms in total. The predicted octanol–water partition coefficient (Wildman–Crippen LogP) is 0.795. The molecule has 2 rings (SSSR count). The Morgan fingerprint density at radius 2 is 2.00 bits per heavy atom. The summed E-state index contributed by atoms with van der Waals surface area (Å²) in [7, 11) is 3.03. The molecule has 1 fully saturated rings. The number of carboxylic acids is 1. The van der Waals surface area contributed by atoms with Crippen LogP contribution in [0.1, 0.15) is 12.8 Å². The van der Waals surface area contributed by atoms with Crippen LogP contribution in [0.3, 0.4) is 0 Å². The lowest BCUT2D eigenvalue weighted by atomic mass is 9.99. The predicted molar refractivity (Wildman–Crippen MR) is 67.7 cm³/mol. The number of anilines is 1. The standard InChI is InChI=1S/C12H17N3O4/c1-18-9-6-10(19-2)14-12(13-9)15-5-3-4-8(7-15)11(16)17/h6,8H,3-5,7H2,1-2H3,(H,16,17). The molecule has 0 aliphatic carbocycles. The number of aromatic nitrogens is 2. The summed E-state index contributed by atoms with van der Waals surface area (Å²) < 4.78 is 10.2. The molecular weight excluding hydrogens is 250 g/mol. The average Bonchev–Trinajstić information content (AvgIpc) is 2.46. The minimum absolute atomic E-state index is 0.380. The van der Waals surface area contributed by atoms with Gasteiger partial charge in [0.05, 0.1) is 26.2 Å². The minimum Gasteiger partial charge on any atom is -0.481 e. The van der Waals surface area contributed by atoms with Crippen molar-refractivity contribution >= 4 is 11.9 Å². The highest BCUT2D eigenvalue weighted by molar-refractivity contribution is 5.71. The van der Waals surface area contributed by atoms with Gasteiger partial charge >= 0.3 is 5.97 Å². The Morgan fingerprint density at radius 1 is 1.37 bits per heavy atom. The van der Waals surface area contributed by atoms with E-state index in [-0.39, 0.29) is 5.92 Å². The number of carboxylic acid groups (broad SMARTS) is 1. The first-order valence-electron chi connectivity index (χ1n) is 6.09. The topological polar surface area (TPSA) is 84.8 Å². The van der Waals surface area contributed by atoms with Crippen LogP contribution in [0.25, 0.3) is 0 Å². The highest BCUT2D eigenvalue weighted by Gasteiger charge is 2.27. The first-order chi connectivity index (χ1) is 9.13. The molecule has 1 aliphatic rings. The lowest BCUT2D eigenvalue weighted by Gasteiger charge is -2.30. The molecule has 2 heterocycles. The maximum Gasteiger partial charge on any atom is 0.308 e. The number of hydrogen-bond acceptors (Lipinski definition) is 6. The van der Waals surface area contributed by atoms with Crippen LogP contribution in [0.2, 0.25) is 0 Å². The van der Waals surface area contributed by atoms with Gasteiger partial charge in [-0.25, -0.2) is 0 Å². The molecule has 1 aromatic heterocycles. The van der Waals surface area contributed by atoms with Crippen molar-refractivity contribution in [2.24, 2.45) is 5.92 Å². The molecular formula is C12H17N3O4. The van der Waals surface area contributed by atoms with Crippen LogP contribution in [-0.2, 0) is 4.79 Å². The van der Waals surface area contributed by atoms with Crippen LogP contribution in [-0.4, -0.2) is 48.4 Å². The van der Waals surface area contributed by atoms with E-state index >= 15 is 0 Å². The zero-order chi connectivity index (χ0) is 13.8. The molecule has 1 aliphatic heterocycles. The van der Waals surface area contributed by atoms with Gasteiger partial charge in [-0.05, 0) is 12.8 Å². The van der Waals surface area contributed by atoms with Crippen molar-refractivity contribution in [1.82, 2.24) is 9.97 Å². The minimum atomic E-state index is -0.778. The van der Waals surface area contributed by atoms with E-state index < -0.39 is 5.97 Å². The molecule has 1 N–H and O–H groups in total. The third kappa shape index (κ3) is 3.04. The molecule has 0 aromatic carbocycles.